The van der Waals surface area contributed by atoms with Crippen LogP contribution in [0.15, 0.2) is 12.1 Å². The van der Waals surface area contributed by atoms with Crippen molar-refractivity contribution in [2.24, 2.45) is 5.84 Å². The summed E-state index contributed by atoms with van der Waals surface area (Å²) in [6.07, 6.45) is -9.48. The van der Waals surface area contributed by atoms with Gasteiger partial charge >= 0.3 is 18.4 Å². The number of carbonyl (C=O) groups is 1. The Morgan fingerprint density at radius 2 is 1.59 bits per heavy atom. The molecule has 1 aromatic rings. The van der Waals surface area contributed by atoms with Crippen molar-refractivity contribution in [2.75, 3.05) is 11.9 Å². The predicted molar refractivity (Wildman–Crippen MR) is 67.4 cm³/mol. The monoisotopic (exact) mass is 369 g/mol. The maximum atomic E-state index is 12.5. The van der Waals surface area contributed by atoms with Crippen molar-refractivity contribution in [2.45, 2.75) is 12.4 Å². The summed E-state index contributed by atoms with van der Waals surface area (Å²) in [5.74, 6) is 4.89. The summed E-state index contributed by atoms with van der Waals surface area (Å²) < 4.78 is 73.7. The first-order chi connectivity index (χ1) is 9.81. The number of hydrogen-bond donors (Lipinski definition) is 2. The molecule has 0 aromatic heterocycles. The van der Waals surface area contributed by atoms with E-state index in [1.54, 1.807) is 0 Å². The summed E-state index contributed by atoms with van der Waals surface area (Å²) >= 11 is 11.1. The quantitative estimate of drug-likeness (QED) is 0.353. The van der Waals surface area contributed by atoms with Crippen LogP contribution in [-0.2, 0) is 6.18 Å². The van der Waals surface area contributed by atoms with Gasteiger partial charge in [0.25, 0.3) is 0 Å². The molecule has 0 radical (unpaired) electrons. The zero-order chi connectivity index (χ0) is 17.3. The third-order valence-electron chi connectivity index (χ3n) is 2.21. The molecule has 1 rings (SSSR count). The smallest absolute Gasteiger partial charge is 0.304 e. The number of hydrazine groups is 1. The molecule has 124 valence electrons. The van der Waals surface area contributed by atoms with E-state index < -0.39 is 46.2 Å². The minimum atomic E-state index is -4.75. The molecule has 0 heterocycles. The van der Waals surface area contributed by atoms with Crippen molar-refractivity contribution in [3.63, 3.8) is 0 Å². The van der Waals surface area contributed by atoms with Crippen LogP contribution in [0.2, 0.25) is 10.0 Å². The largest absolute Gasteiger partial charge is 0.416 e. The van der Waals surface area contributed by atoms with E-state index in [0.29, 0.717) is 12.1 Å². The maximum absolute atomic E-state index is 12.5. The van der Waals surface area contributed by atoms with E-state index >= 15 is 0 Å². The van der Waals surface area contributed by atoms with Gasteiger partial charge in [0.05, 0.1) is 21.3 Å². The van der Waals surface area contributed by atoms with Crippen LogP contribution in [0, 0.1) is 0 Å². The Morgan fingerprint density at radius 3 is 1.95 bits per heavy atom. The Bertz CT molecular complexity index is 552. The lowest BCUT2D eigenvalue weighted by Gasteiger charge is -2.20. The number of halogens is 8. The van der Waals surface area contributed by atoms with E-state index in [0.717, 1.165) is 0 Å². The van der Waals surface area contributed by atoms with Crippen LogP contribution in [0.3, 0.4) is 0 Å². The molecule has 2 amide bonds. The molecule has 22 heavy (non-hydrogen) atoms. The number of hydrogen-bond acceptors (Lipinski definition) is 2. The van der Waals surface area contributed by atoms with Crippen LogP contribution >= 0.6 is 23.2 Å². The maximum Gasteiger partial charge on any atom is 0.416 e. The first kappa shape index (κ1) is 18.7. The molecule has 0 fully saturated rings. The lowest BCUT2D eigenvalue weighted by molar-refractivity contribution is -0.140. The van der Waals surface area contributed by atoms with Crippen LogP contribution in [0.25, 0.3) is 0 Å². The summed E-state index contributed by atoms with van der Waals surface area (Å²) in [4.78, 5) is 11.4. The Balaban J connectivity index is 2.97. The molecular formula is C10H7Cl2F6N3O. The normalized spacial score (nSPS) is 12.2. The molecule has 1 aromatic carbocycles. The highest BCUT2D eigenvalue weighted by molar-refractivity contribution is 6.39. The van der Waals surface area contributed by atoms with Gasteiger partial charge in [-0.2, -0.15) is 26.3 Å². The van der Waals surface area contributed by atoms with Crippen molar-refractivity contribution in [1.82, 2.24) is 5.01 Å². The van der Waals surface area contributed by atoms with Gasteiger partial charge in [-0.05, 0) is 12.1 Å². The molecule has 0 aliphatic rings. The highest BCUT2D eigenvalue weighted by atomic mass is 35.5. The summed E-state index contributed by atoms with van der Waals surface area (Å²) in [5, 5.41) is 0.386. The molecule has 3 N–H and O–H groups in total. The highest BCUT2D eigenvalue weighted by Crippen LogP contribution is 2.38. The predicted octanol–water partition coefficient (Wildman–Crippen LogP) is 4.28. The molecular weight excluding hydrogens is 363 g/mol. The lowest BCUT2D eigenvalue weighted by Crippen LogP contribution is -2.46. The van der Waals surface area contributed by atoms with Crippen molar-refractivity contribution in [1.29, 1.82) is 0 Å². The second kappa shape index (κ2) is 6.39. The molecule has 0 unspecified atom stereocenters. The van der Waals surface area contributed by atoms with E-state index in [2.05, 4.69) is 0 Å². The minimum absolute atomic E-state index is 0.218. The average molecular weight is 370 g/mol. The third kappa shape index (κ3) is 5.11. The van der Waals surface area contributed by atoms with E-state index in [1.807, 2.05) is 5.32 Å². The zero-order valence-electron chi connectivity index (χ0n) is 10.3. The average Bonchev–Trinajstić information content (AvgIpc) is 2.29. The van der Waals surface area contributed by atoms with Gasteiger partial charge in [-0.25, -0.2) is 10.6 Å². The number of carbonyl (C=O) groups excluding carboxylic acids is 1. The zero-order valence-corrected chi connectivity index (χ0v) is 11.8. The van der Waals surface area contributed by atoms with Gasteiger partial charge in [-0.15, -0.1) is 0 Å². The second-order valence-electron chi connectivity index (χ2n) is 3.99. The van der Waals surface area contributed by atoms with Crippen LogP contribution in [-0.4, -0.2) is 23.8 Å². The molecule has 12 heteroatoms. The fourth-order valence-corrected chi connectivity index (χ4v) is 1.88. The third-order valence-corrected chi connectivity index (χ3v) is 2.81. The number of nitrogens with one attached hydrogen (secondary N) is 1. The SMILES string of the molecule is NN(CC(F)(F)F)C(=O)Nc1c(Cl)cc(C(F)(F)F)cc1Cl. The Morgan fingerprint density at radius 1 is 1.14 bits per heavy atom. The number of alkyl halides is 6. The standard InChI is InChI=1S/C10H7Cl2F6N3O/c11-5-1-4(10(16,17)18)2-6(12)7(5)20-8(22)21(19)3-9(13,14)15/h1-2H,3,19H2,(H,20,22). The van der Waals surface area contributed by atoms with E-state index in [1.165, 1.54) is 0 Å². The summed E-state index contributed by atoms with van der Waals surface area (Å²) in [6.45, 7) is -1.77. The van der Waals surface area contributed by atoms with Crippen molar-refractivity contribution in [3.05, 3.63) is 27.7 Å². The molecule has 0 saturated carbocycles. The number of amides is 2. The Kier molecular flexibility index (Phi) is 5.42. The number of benzene rings is 1. The Labute approximate surface area is 129 Å². The van der Waals surface area contributed by atoms with Crippen LogP contribution in [0.1, 0.15) is 5.56 Å². The van der Waals surface area contributed by atoms with Crippen molar-refractivity contribution < 1.29 is 31.1 Å². The summed E-state index contributed by atoms with van der Waals surface area (Å²) in [5.41, 5.74) is -1.67. The molecule has 0 aliphatic carbocycles. The fourth-order valence-electron chi connectivity index (χ4n) is 1.30. The van der Waals surface area contributed by atoms with E-state index in [9.17, 15) is 31.1 Å². The highest BCUT2D eigenvalue weighted by Gasteiger charge is 2.34. The topological polar surface area (TPSA) is 58.4 Å². The van der Waals surface area contributed by atoms with Gasteiger partial charge in [-0.1, -0.05) is 23.2 Å². The fraction of sp³-hybridized carbons (Fsp3) is 0.300. The molecule has 0 bridgehead atoms. The van der Waals surface area contributed by atoms with E-state index in [-0.39, 0.29) is 5.01 Å². The number of anilines is 1. The van der Waals surface area contributed by atoms with Crippen LogP contribution < -0.4 is 11.2 Å². The number of nitrogens with zero attached hydrogens (tertiary/aromatic N) is 1. The summed E-state index contributed by atoms with van der Waals surface area (Å²) in [7, 11) is 0. The number of nitrogens with two attached hydrogens (primary N) is 1. The number of urea groups is 1. The molecule has 0 atom stereocenters. The van der Waals surface area contributed by atoms with Crippen molar-refractivity contribution in [3.8, 4) is 0 Å². The first-order valence-electron chi connectivity index (χ1n) is 5.27. The molecule has 0 spiro atoms. The van der Waals surface area contributed by atoms with Gasteiger partial charge < -0.3 is 5.32 Å². The van der Waals surface area contributed by atoms with Crippen LogP contribution in [0.5, 0.6) is 0 Å². The van der Waals surface area contributed by atoms with Gasteiger partial charge in [0, 0.05) is 0 Å². The molecule has 0 saturated heterocycles. The van der Waals surface area contributed by atoms with Gasteiger partial charge in [-0.3, -0.25) is 5.01 Å². The Hall–Kier alpha value is -1.39. The van der Waals surface area contributed by atoms with Gasteiger partial charge in [0.1, 0.15) is 6.54 Å². The summed E-state index contributed by atoms with van der Waals surface area (Å²) in [6, 6.07) is -0.512. The number of rotatable bonds is 2. The molecule has 4 nitrogen and oxygen atoms in total. The lowest BCUT2D eigenvalue weighted by atomic mass is 10.2. The first-order valence-corrected chi connectivity index (χ1v) is 6.03. The van der Waals surface area contributed by atoms with Crippen molar-refractivity contribution >= 4 is 34.9 Å². The molecule has 0 aliphatic heterocycles. The van der Waals surface area contributed by atoms with Gasteiger partial charge in [0.15, 0.2) is 0 Å². The second-order valence-corrected chi connectivity index (χ2v) is 4.80. The van der Waals surface area contributed by atoms with Gasteiger partial charge in [0.2, 0.25) is 0 Å². The van der Waals surface area contributed by atoms with E-state index in [4.69, 9.17) is 29.0 Å². The minimum Gasteiger partial charge on any atom is -0.304 e. The van der Waals surface area contributed by atoms with Crippen LogP contribution in [0.4, 0.5) is 36.8 Å².